The minimum atomic E-state index is -0.145. The molecule has 5 heteroatoms. The highest BCUT2D eigenvalue weighted by Crippen LogP contribution is 2.25. The summed E-state index contributed by atoms with van der Waals surface area (Å²) in [4.78, 5) is 21.5. The highest BCUT2D eigenvalue weighted by atomic mass is 16.2. The van der Waals surface area contributed by atoms with Crippen molar-refractivity contribution in [3.63, 3.8) is 0 Å². The lowest BCUT2D eigenvalue weighted by Crippen LogP contribution is -2.51. The predicted molar refractivity (Wildman–Crippen MR) is 81.9 cm³/mol. The summed E-state index contributed by atoms with van der Waals surface area (Å²) in [6.45, 7) is 5.57. The van der Waals surface area contributed by atoms with Crippen molar-refractivity contribution < 1.29 is 4.79 Å². The quantitative estimate of drug-likeness (QED) is 0.903. The van der Waals surface area contributed by atoms with Gasteiger partial charge < -0.3 is 10.2 Å². The van der Waals surface area contributed by atoms with E-state index < -0.39 is 0 Å². The van der Waals surface area contributed by atoms with Crippen molar-refractivity contribution in [2.45, 2.75) is 25.3 Å². The molecule has 0 aliphatic carbocycles. The second-order valence-electron chi connectivity index (χ2n) is 5.85. The van der Waals surface area contributed by atoms with Gasteiger partial charge in [-0.15, -0.1) is 0 Å². The number of nitrogens with zero attached hydrogens (tertiary/aromatic N) is 3. The molecule has 0 saturated carbocycles. The van der Waals surface area contributed by atoms with Crippen molar-refractivity contribution in [2.24, 2.45) is 0 Å². The third-order valence-electron chi connectivity index (χ3n) is 4.44. The number of hydrogen-bond donors (Lipinski definition) is 1. The molecule has 5 nitrogen and oxygen atoms in total. The molecule has 0 spiro atoms. The molecule has 1 atom stereocenters. The zero-order valence-electron chi connectivity index (χ0n) is 12.5. The summed E-state index contributed by atoms with van der Waals surface area (Å²) in [6.07, 6.45) is 7.09. The zero-order chi connectivity index (χ0) is 14.5. The Bertz CT molecular complexity index is 453. The van der Waals surface area contributed by atoms with Crippen molar-refractivity contribution in [1.82, 2.24) is 20.1 Å². The summed E-state index contributed by atoms with van der Waals surface area (Å²) in [5, 5.41) is 3.36. The highest BCUT2D eigenvalue weighted by molar-refractivity contribution is 5.83. The van der Waals surface area contributed by atoms with Gasteiger partial charge in [-0.1, -0.05) is 0 Å². The fraction of sp³-hybridized carbons (Fsp3) is 0.625. The van der Waals surface area contributed by atoms with Gasteiger partial charge in [0.25, 0.3) is 0 Å². The van der Waals surface area contributed by atoms with Crippen LogP contribution < -0.4 is 5.32 Å². The van der Waals surface area contributed by atoms with Crippen LogP contribution in [0.15, 0.2) is 24.5 Å². The molecule has 1 aromatic rings. The lowest BCUT2D eigenvalue weighted by Gasteiger charge is -2.38. The van der Waals surface area contributed by atoms with Gasteiger partial charge in [0.1, 0.15) is 6.04 Å². The van der Waals surface area contributed by atoms with Crippen molar-refractivity contribution in [3.05, 3.63) is 30.1 Å². The molecule has 1 aromatic heterocycles. The average Bonchev–Trinajstić information content (AvgIpc) is 2.58. The summed E-state index contributed by atoms with van der Waals surface area (Å²) in [6, 6.07) is 3.82. The van der Waals surface area contributed by atoms with E-state index in [0.717, 1.165) is 57.7 Å². The SMILES string of the molecule is O=C(C(c1ccncc1)N1CCNCC1)N1CCCCC1. The van der Waals surface area contributed by atoms with Gasteiger partial charge in [0.15, 0.2) is 0 Å². The van der Waals surface area contributed by atoms with E-state index >= 15 is 0 Å². The third-order valence-corrected chi connectivity index (χ3v) is 4.44. The van der Waals surface area contributed by atoms with Crippen LogP contribution in [0, 0.1) is 0 Å². The molecule has 21 heavy (non-hydrogen) atoms. The Morgan fingerprint density at radius 1 is 1.05 bits per heavy atom. The standard InChI is InChI=1S/C16H24N4O/c21-16(20-10-2-1-3-11-20)15(14-4-6-17-7-5-14)19-12-8-18-9-13-19/h4-7,15,18H,1-3,8-13H2. The maximum absolute atomic E-state index is 13.0. The molecule has 3 heterocycles. The normalized spacial score (nSPS) is 22.0. The predicted octanol–water partition coefficient (Wildman–Crippen LogP) is 1.04. The summed E-state index contributed by atoms with van der Waals surface area (Å²) in [5.41, 5.74) is 1.07. The van der Waals surface area contributed by atoms with Gasteiger partial charge in [-0.2, -0.15) is 0 Å². The minimum absolute atomic E-state index is 0.145. The Hall–Kier alpha value is -1.46. The molecule has 1 N–H and O–H groups in total. The molecule has 0 aromatic carbocycles. The third kappa shape index (κ3) is 3.41. The molecule has 2 aliphatic heterocycles. The number of rotatable bonds is 3. The van der Waals surface area contributed by atoms with Gasteiger partial charge in [-0.05, 0) is 37.0 Å². The molecular formula is C16H24N4O. The Morgan fingerprint density at radius 3 is 2.38 bits per heavy atom. The largest absolute Gasteiger partial charge is 0.341 e. The Morgan fingerprint density at radius 2 is 1.71 bits per heavy atom. The van der Waals surface area contributed by atoms with Crippen molar-refractivity contribution in [2.75, 3.05) is 39.3 Å². The van der Waals surface area contributed by atoms with Gasteiger partial charge in [0.2, 0.25) is 5.91 Å². The molecule has 114 valence electrons. The number of carbonyl (C=O) groups is 1. The Balaban J connectivity index is 1.82. The topological polar surface area (TPSA) is 48.5 Å². The molecule has 2 fully saturated rings. The summed E-state index contributed by atoms with van der Waals surface area (Å²) < 4.78 is 0. The number of pyridine rings is 1. The molecule has 1 amide bonds. The van der Waals surface area contributed by atoms with E-state index in [0.29, 0.717) is 0 Å². The van der Waals surface area contributed by atoms with Crippen LogP contribution in [-0.2, 0) is 4.79 Å². The van der Waals surface area contributed by atoms with Crippen molar-refractivity contribution in [3.8, 4) is 0 Å². The first-order chi connectivity index (χ1) is 10.4. The molecule has 1 unspecified atom stereocenters. The van der Waals surface area contributed by atoms with Gasteiger partial charge in [0.05, 0.1) is 0 Å². The number of amides is 1. The van der Waals surface area contributed by atoms with Crippen LogP contribution in [0.5, 0.6) is 0 Å². The number of nitrogens with one attached hydrogen (secondary N) is 1. The lowest BCUT2D eigenvalue weighted by atomic mass is 10.0. The molecule has 0 bridgehead atoms. The molecule has 0 radical (unpaired) electrons. The van der Waals surface area contributed by atoms with Crippen molar-refractivity contribution >= 4 is 5.91 Å². The fourth-order valence-electron chi connectivity index (χ4n) is 3.28. The number of piperidine rings is 1. The summed E-state index contributed by atoms with van der Waals surface area (Å²) in [5.74, 6) is 0.266. The van der Waals surface area contributed by atoms with E-state index in [1.165, 1.54) is 6.42 Å². The smallest absolute Gasteiger partial charge is 0.244 e. The van der Waals surface area contributed by atoms with Crippen LogP contribution in [0.4, 0.5) is 0 Å². The van der Waals surface area contributed by atoms with Gasteiger partial charge >= 0.3 is 0 Å². The van der Waals surface area contributed by atoms with E-state index in [4.69, 9.17) is 0 Å². The molecule has 2 aliphatic rings. The van der Waals surface area contributed by atoms with Gasteiger partial charge in [-0.3, -0.25) is 14.7 Å². The van der Waals surface area contributed by atoms with Gasteiger partial charge in [-0.25, -0.2) is 0 Å². The van der Waals surface area contributed by atoms with E-state index in [2.05, 4.69) is 20.1 Å². The lowest BCUT2D eigenvalue weighted by molar-refractivity contribution is -0.138. The second-order valence-corrected chi connectivity index (χ2v) is 5.85. The first kappa shape index (κ1) is 14.5. The first-order valence-electron chi connectivity index (χ1n) is 8.00. The Kier molecular flexibility index (Phi) is 4.83. The number of aromatic nitrogens is 1. The summed E-state index contributed by atoms with van der Waals surface area (Å²) in [7, 11) is 0. The molecule has 2 saturated heterocycles. The van der Waals surface area contributed by atoms with Crippen LogP contribution in [0.3, 0.4) is 0 Å². The average molecular weight is 288 g/mol. The minimum Gasteiger partial charge on any atom is -0.341 e. The number of piperazine rings is 1. The van der Waals surface area contributed by atoms with Gasteiger partial charge in [0, 0.05) is 51.7 Å². The van der Waals surface area contributed by atoms with E-state index in [1.54, 1.807) is 12.4 Å². The zero-order valence-corrected chi connectivity index (χ0v) is 12.5. The maximum Gasteiger partial charge on any atom is 0.244 e. The van der Waals surface area contributed by atoms with Crippen LogP contribution in [-0.4, -0.2) is 60.0 Å². The van der Waals surface area contributed by atoms with Crippen LogP contribution in [0.1, 0.15) is 30.9 Å². The monoisotopic (exact) mass is 288 g/mol. The summed E-state index contributed by atoms with van der Waals surface area (Å²) >= 11 is 0. The number of likely N-dealkylation sites (tertiary alicyclic amines) is 1. The molecule has 3 rings (SSSR count). The van der Waals surface area contributed by atoms with Crippen LogP contribution >= 0.6 is 0 Å². The first-order valence-corrected chi connectivity index (χ1v) is 8.00. The second kappa shape index (κ2) is 7.00. The van der Waals surface area contributed by atoms with Crippen LogP contribution in [0.2, 0.25) is 0 Å². The van der Waals surface area contributed by atoms with Crippen LogP contribution in [0.25, 0.3) is 0 Å². The number of carbonyl (C=O) groups excluding carboxylic acids is 1. The maximum atomic E-state index is 13.0. The van der Waals surface area contributed by atoms with Crippen molar-refractivity contribution in [1.29, 1.82) is 0 Å². The fourth-order valence-corrected chi connectivity index (χ4v) is 3.28. The number of hydrogen-bond acceptors (Lipinski definition) is 4. The van der Waals surface area contributed by atoms with E-state index in [9.17, 15) is 4.79 Å². The Labute approximate surface area is 126 Å². The van der Waals surface area contributed by atoms with E-state index in [1.807, 2.05) is 12.1 Å². The van der Waals surface area contributed by atoms with E-state index in [-0.39, 0.29) is 11.9 Å². The molecular weight excluding hydrogens is 264 g/mol. The highest BCUT2D eigenvalue weighted by Gasteiger charge is 2.32.